The van der Waals surface area contributed by atoms with Gasteiger partial charge in [0.15, 0.2) is 11.5 Å². The molecule has 0 aliphatic heterocycles. The minimum atomic E-state index is 0.199. The van der Waals surface area contributed by atoms with Crippen LogP contribution in [0.4, 0.5) is 0 Å². The van der Waals surface area contributed by atoms with Crippen LogP contribution in [0.1, 0.15) is 39.5 Å². The van der Waals surface area contributed by atoms with Crippen LogP contribution in [-0.4, -0.2) is 18.3 Å². The van der Waals surface area contributed by atoms with Crippen molar-refractivity contribution in [1.82, 2.24) is 0 Å². The second-order valence-electron chi connectivity index (χ2n) is 5.17. The number of phenols is 1. The molecular weight excluding hydrogens is 264 g/mol. The van der Waals surface area contributed by atoms with Gasteiger partial charge in [-0.3, -0.25) is 0 Å². The van der Waals surface area contributed by atoms with Gasteiger partial charge in [0.2, 0.25) is 0 Å². The van der Waals surface area contributed by atoms with Gasteiger partial charge in [-0.05, 0) is 12.8 Å². The first-order valence-electron chi connectivity index (χ1n) is 7.78. The van der Waals surface area contributed by atoms with E-state index in [9.17, 15) is 5.11 Å². The number of ether oxygens (including phenoxy) is 2. The standard InChI is InChI=1S/C18H24O3/c1-3-5-11-20-16-13-17(21-12-6-4-2)18(19)15-10-8-7-9-14(15)16/h7-10,13,19H,3-6,11-12H2,1-2H3. The van der Waals surface area contributed by atoms with Gasteiger partial charge in [-0.1, -0.05) is 51.0 Å². The number of benzene rings is 2. The van der Waals surface area contributed by atoms with Crippen molar-refractivity contribution in [2.24, 2.45) is 0 Å². The fourth-order valence-electron chi connectivity index (χ4n) is 2.18. The molecule has 2 aromatic rings. The van der Waals surface area contributed by atoms with E-state index in [1.54, 1.807) is 0 Å². The van der Waals surface area contributed by atoms with Gasteiger partial charge in [0.25, 0.3) is 0 Å². The monoisotopic (exact) mass is 288 g/mol. The summed E-state index contributed by atoms with van der Waals surface area (Å²) in [5, 5.41) is 12.1. The maximum absolute atomic E-state index is 10.4. The average Bonchev–Trinajstić information content (AvgIpc) is 2.51. The van der Waals surface area contributed by atoms with Crippen LogP contribution in [0, 0.1) is 0 Å². The van der Waals surface area contributed by atoms with Gasteiger partial charge in [0.05, 0.1) is 13.2 Å². The summed E-state index contributed by atoms with van der Waals surface area (Å²) < 4.78 is 11.6. The molecule has 0 unspecified atom stereocenters. The van der Waals surface area contributed by atoms with E-state index in [4.69, 9.17) is 9.47 Å². The SMILES string of the molecule is CCCCOc1cc(OCCCC)c2ccccc2c1O. The van der Waals surface area contributed by atoms with Crippen LogP contribution in [0.15, 0.2) is 30.3 Å². The van der Waals surface area contributed by atoms with Crippen LogP contribution in [0.25, 0.3) is 10.8 Å². The molecule has 3 heteroatoms. The Labute approximate surface area is 126 Å². The molecule has 0 spiro atoms. The molecule has 0 aliphatic rings. The summed E-state index contributed by atoms with van der Waals surface area (Å²) in [5.74, 6) is 1.49. The number of hydrogen-bond donors (Lipinski definition) is 1. The molecule has 0 atom stereocenters. The van der Waals surface area contributed by atoms with Gasteiger partial charge in [0.1, 0.15) is 5.75 Å². The first-order chi connectivity index (χ1) is 10.3. The number of aromatic hydroxyl groups is 1. The van der Waals surface area contributed by atoms with E-state index in [2.05, 4.69) is 13.8 Å². The topological polar surface area (TPSA) is 38.7 Å². The molecule has 0 amide bonds. The number of phenolic OH excluding ortho intramolecular Hbond substituents is 1. The number of hydrogen-bond acceptors (Lipinski definition) is 3. The van der Waals surface area contributed by atoms with E-state index in [0.717, 1.165) is 42.2 Å². The summed E-state index contributed by atoms with van der Waals surface area (Å²) in [7, 11) is 0. The molecule has 0 aromatic heterocycles. The van der Waals surface area contributed by atoms with Gasteiger partial charge in [0, 0.05) is 16.8 Å². The van der Waals surface area contributed by atoms with E-state index < -0.39 is 0 Å². The van der Waals surface area contributed by atoms with Gasteiger partial charge in [-0.15, -0.1) is 0 Å². The maximum Gasteiger partial charge on any atom is 0.165 e. The summed E-state index contributed by atoms with van der Waals surface area (Å²) in [6, 6.07) is 9.53. The van der Waals surface area contributed by atoms with Gasteiger partial charge in [-0.25, -0.2) is 0 Å². The lowest BCUT2D eigenvalue weighted by atomic mass is 10.1. The Morgan fingerprint density at radius 1 is 0.857 bits per heavy atom. The Morgan fingerprint density at radius 3 is 2.05 bits per heavy atom. The summed E-state index contributed by atoms with van der Waals surface area (Å²) in [5.41, 5.74) is 0. The van der Waals surface area contributed by atoms with E-state index in [1.807, 2.05) is 30.3 Å². The summed E-state index contributed by atoms with van der Waals surface area (Å²) in [6.45, 7) is 5.54. The Kier molecular flexibility index (Phi) is 5.73. The van der Waals surface area contributed by atoms with E-state index in [-0.39, 0.29) is 5.75 Å². The van der Waals surface area contributed by atoms with Crippen LogP contribution < -0.4 is 9.47 Å². The van der Waals surface area contributed by atoms with E-state index in [0.29, 0.717) is 19.0 Å². The quantitative estimate of drug-likeness (QED) is 0.702. The van der Waals surface area contributed by atoms with E-state index >= 15 is 0 Å². The lowest BCUT2D eigenvalue weighted by Gasteiger charge is -2.14. The predicted molar refractivity (Wildman–Crippen MR) is 86.4 cm³/mol. The van der Waals surface area contributed by atoms with Gasteiger partial charge >= 0.3 is 0 Å². The van der Waals surface area contributed by atoms with E-state index in [1.165, 1.54) is 0 Å². The molecule has 0 fully saturated rings. The van der Waals surface area contributed by atoms with Crippen molar-refractivity contribution in [1.29, 1.82) is 0 Å². The zero-order valence-electron chi connectivity index (χ0n) is 12.9. The molecule has 21 heavy (non-hydrogen) atoms. The van der Waals surface area contributed by atoms with Crippen LogP contribution in [-0.2, 0) is 0 Å². The molecule has 0 aliphatic carbocycles. The summed E-state index contributed by atoms with van der Waals surface area (Å²) >= 11 is 0. The Bertz CT molecular complexity index is 578. The molecule has 0 heterocycles. The largest absolute Gasteiger partial charge is 0.504 e. The maximum atomic E-state index is 10.4. The van der Waals surface area contributed by atoms with Crippen molar-refractivity contribution in [3.63, 3.8) is 0 Å². The first kappa shape index (κ1) is 15.5. The van der Waals surface area contributed by atoms with Crippen molar-refractivity contribution in [2.75, 3.05) is 13.2 Å². The second-order valence-corrected chi connectivity index (χ2v) is 5.17. The molecule has 2 rings (SSSR count). The second kappa shape index (κ2) is 7.77. The lowest BCUT2D eigenvalue weighted by molar-refractivity contribution is 0.285. The Hall–Kier alpha value is -1.90. The molecule has 0 saturated heterocycles. The van der Waals surface area contributed by atoms with Gasteiger partial charge in [-0.2, -0.15) is 0 Å². The molecular formula is C18H24O3. The minimum absolute atomic E-state index is 0.199. The third-order valence-electron chi connectivity index (χ3n) is 3.45. The fourth-order valence-corrected chi connectivity index (χ4v) is 2.18. The first-order valence-corrected chi connectivity index (χ1v) is 7.78. The molecule has 0 bridgehead atoms. The normalized spacial score (nSPS) is 10.8. The van der Waals surface area contributed by atoms with Crippen LogP contribution in [0.2, 0.25) is 0 Å². The Balaban J connectivity index is 2.32. The Morgan fingerprint density at radius 2 is 1.43 bits per heavy atom. The van der Waals surface area contributed by atoms with Crippen molar-refractivity contribution < 1.29 is 14.6 Å². The van der Waals surface area contributed by atoms with Crippen molar-refractivity contribution in [3.05, 3.63) is 30.3 Å². The highest BCUT2D eigenvalue weighted by Crippen LogP contribution is 2.40. The smallest absolute Gasteiger partial charge is 0.165 e. The third-order valence-corrected chi connectivity index (χ3v) is 3.45. The van der Waals surface area contributed by atoms with Crippen molar-refractivity contribution in [2.45, 2.75) is 39.5 Å². The summed E-state index contributed by atoms with van der Waals surface area (Å²) in [6.07, 6.45) is 4.14. The molecule has 2 aromatic carbocycles. The van der Waals surface area contributed by atoms with Gasteiger partial charge < -0.3 is 14.6 Å². The summed E-state index contributed by atoms with van der Waals surface area (Å²) in [4.78, 5) is 0. The molecule has 1 N–H and O–H groups in total. The third kappa shape index (κ3) is 3.81. The van der Waals surface area contributed by atoms with Crippen LogP contribution >= 0.6 is 0 Å². The molecule has 114 valence electrons. The molecule has 3 nitrogen and oxygen atoms in total. The fraction of sp³-hybridized carbons (Fsp3) is 0.444. The van der Waals surface area contributed by atoms with Crippen LogP contribution in [0.5, 0.6) is 17.2 Å². The number of fused-ring (bicyclic) bond motifs is 1. The van der Waals surface area contributed by atoms with Crippen LogP contribution in [0.3, 0.4) is 0 Å². The predicted octanol–water partition coefficient (Wildman–Crippen LogP) is 4.90. The molecule has 0 radical (unpaired) electrons. The highest BCUT2D eigenvalue weighted by atomic mass is 16.5. The minimum Gasteiger partial charge on any atom is -0.504 e. The number of unbranched alkanes of at least 4 members (excludes halogenated alkanes) is 2. The van der Waals surface area contributed by atoms with Crippen molar-refractivity contribution in [3.8, 4) is 17.2 Å². The zero-order chi connectivity index (χ0) is 15.1. The molecule has 0 saturated carbocycles. The zero-order valence-corrected chi connectivity index (χ0v) is 12.9. The van der Waals surface area contributed by atoms with Crippen molar-refractivity contribution >= 4 is 10.8 Å². The highest BCUT2D eigenvalue weighted by Gasteiger charge is 2.13. The highest BCUT2D eigenvalue weighted by molar-refractivity contribution is 5.95. The lowest BCUT2D eigenvalue weighted by Crippen LogP contribution is -2.00. The number of rotatable bonds is 8. The average molecular weight is 288 g/mol.